The minimum atomic E-state index is -3.87. The van der Waals surface area contributed by atoms with Gasteiger partial charge in [0.15, 0.2) is 5.76 Å². The first-order valence-corrected chi connectivity index (χ1v) is 12.5. The zero-order chi connectivity index (χ0) is 22.0. The third-order valence-electron chi connectivity index (χ3n) is 4.67. The predicted octanol–water partition coefficient (Wildman–Crippen LogP) is 6.09. The van der Waals surface area contributed by atoms with Crippen molar-refractivity contribution in [3.05, 3.63) is 98.9 Å². The van der Waals surface area contributed by atoms with E-state index in [4.69, 9.17) is 4.42 Å². The Balaban J connectivity index is 1.67. The molecule has 0 unspecified atom stereocenters. The molecule has 0 fully saturated rings. The Hall–Kier alpha value is -2.68. The quantitative estimate of drug-likeness (QED) is 0.311. The van der Waals surface area contributed by atoms with Crippen LogP contribution in [0.4, 0.5) is 5.69 Å². The molecule has 0 aliphatic carbocycles. The van der Waals surface area contributed by atoms with Crippen molar-refractivity contribution in [1.29, 1.82) is 0 Å². The fourth-order valence-electron chi connectivity index (χ4n) is 3.01. The summed E-state index contributed by atoms with van der Waals surface area (Å²) >= 11 is 4.84. The lowest BCUT2D eigenvalue weighted by atomic mass is 10.2. The molecule has 5 nitrogen and oxygen atoms in total. The van der Waals surface area contributed by atoms with Crippen LogP contribution in [0.2, 0.25) is 0 Å². The molecule has 0 spiro atoms. The molecule has 0 saturated heterocycles. The fraction of sp³-hybridized carbons (Fsp3) is 0.0870. The lowest BCUT2D eigenvalue weighted by Gasteiger charge is -2.21. The van der Waals surface area contributed by atoms with E-state index in [1.807, 2.05) is 48.7 Å². The third kappa shape index (κ3) is 4.66. The molecular formula is C23H18BrNO4S2. The van der Waals surface area contributed by atoms with Crippen LogP contribution in [0.25, 0.3) is 0 Å². The van der Waals surface area contributed by atoms with Gasteiger partial charge < -0.3 is 9.32 Å². The van der Waals surface area contributed by atoms with Crippen LogP contribution in [-0.4, -0.2) is 14.3 Å². The second-order valence-electron chi connectivity index (χ2n) is 6.88. The number of sulfone groups is 1. The van der Waals surface area contributed by atoms with Crippen molar-refractivity contribution in [3.63, 3.8) is 0 Å². The molecule has 0 N–H and O–H groups in total. The first-order chi connectivity index (χ1) is 14.8. The lowest BCUT2D eigenvalue weighted by molar-refractivity contribution is 0.0953. The number of benzene rings is 2. The highest BCUT2D eigenvalue weighted by Crippen LogP contribution is 2.27. The van der Waals surface area contributed by atoms with Gasteiger partial charge in [-0.05, 0) is 66.9 Å². The van der Waals surface area contributed by atoms with Crippen molar-refractivity contribution >= 4 is 48.7 Å². The van der Waals surface area contributed by atoms with Gasteiger partial charge >= 0.3 is 0 Å². The number of hydrogen-bond donors (Lipinski definition) is 0. The van der Waals surface area contributed by atoms with Crippen molar-refractivity contribution in [2.24, 2.45) is 0 Å². The number of anilines is 1. The third-order valence-corrected chi connectivity index (χ3v) is 7.70. The Morgan fingerprint density at radius 2 is 1.71 bits per heavy atom. The van der Waals surface area contributed by atoms with Crippen LogP contribution in [0.1, 0.15) is 21.0 Å². The average Bonchev–Trinajstić information content (AvgIpc) is 3.45. The minimum Gasteiger partial charge on any atom is -0.439 e. The van der Waals surface area contributed by atoms with E-state index in [2.05, 4.69) is 15.9 Å². The molecule has 2 aromatic carbocycles. The molecule has 4 aromatic rings. The molecule has 1 amide bonds. The first-order valence-electron chi connectivity index (χ1n) is 9.36. The zero-order valence-electron chi connectivity index (χ0n) is 16.5. The summed E-state index contributed by atoms with van der Waals surface area (Å²) in [5, 5.41) is 1.68. The summed E-state index contributed by atoms with van der Waals surface area (Å²) in [6.07, 6.45) is 0. The molecule has 0 aliphatic heterocycles. The molecule has 4 rings (SSSR count). The van der Waals surface area contributed by atoms with Gasteiger partial charge in [-0.3, -0.25) is 4.79 Å². The van der Waals surface area contributed by atoms with Crippen LogP contribution in [0.3, 0.4) is 0 Å². The van der Waals surface area contributed by atoms with Gasteiger partial charge in [0.05, 0.1) is 11.4 Å². The van der Waals surface area contributed by atoms with Gasteiger partial charge in [-0.15, -0.1) is 11.3 Å². The number of carbonyl (C=O) groups is 1. The summed E-state index contributed by atoms with van der Waals surface area (Å²) in [7, 11) is -3.87. The number of carbonyl (C=O) groups excluding carboxylic acids is 1. The van der Waals surface area contributed by atoms with E-state index in [9.17, 15) is 13.2 Å². The van der Waals surface area contributed by atoms with E-state index in [-0.39, 0.29) is 15.7 Å². The Kier molecular flexibility index (Phi) is 6.13. The van der Waals surface area contributed by atoms with E-state index < -0.39 is 15.7 Å². The van der Waals surface area contributed by atoms with Crippen molar-refractivity contribution in [1.82, 2.24) is 0 Å². The zero-order valence-corrected chi connectivity index (χ0v) is 19.7. The van der Waals surface area contributed by atoms with Crippen LogP contribution in [0.5, 0.6) is 0 Å². The molecule has 0 bridgehead atoms. The average molecular weight is 516 g/mol. The monoisotopic (exact) mass is 515 g/mol. The molecule has 2 aromatic heterocycles. The highest BCUT2D eigenvalue weighted by molar-refractivity contribution is 9.10. The number of halogens is 1. The largest absolute Gasteiger partial charge is 0.439 e. The van der Waals surface area contributed by atoms with Crippen LogP contribution >= 0.6 is 27.3 Å². The van der Waals surface area contributed by atoms with Crippen molar-refractivity contribution in [2.75, 3.05) is 4.90 Å². The van der Waals surface area contributed by atoms with E-state index >= 15 is 0 Å². The fourth-order valence-corrected chi connectivity index (χ4v) is 5.14. The summed E-state index contributed by atoms with van der Waals surface area (Å²) < 4.78 is 32.1. The maximum atomic E-state index is 13.3. The van der Waals surface area contributed by atoms with Gasteiger partial charge in [-0.1, -0.05) is 39.7 Å². The topological polar surface area (TPSA) is 67.6 Å². The number of hydrogen-bond acceptors (Lipinski definition) is 5. The molecule has 0 atom stereocenters. The number of nitrogens with zero attached hydrogens (tertiary/aromatic N) is 1. The number of amides is 1. The standard InChI is InChI=1S/C23H18BrNO4S2/c1-16-4-8-18(9-5-16)25(15-19-3-2-14-30-19)23(26)21-12-13-22(29-21)31(27,28)20-10-6-17(24)7-11-20/h2-14H,15H2,1H3. The Morgan fingerprint density at radius 3 is 2.35 bits per heavy atom. The molecule has 0 radical (unpaired) electrons. The summed E-state index contributed by atoms with van der Waals surface area (Å²) in [6.45, 7) is 2.33. The van der Waals surface area contributed by atoms with Crippen LogP contribution in [0, 0.1) is 6.92 Å². The molecule has 158 valence electrons. The molecule has 0 aliphatic rings. The highest BCUT2D eigenvalue weighted by atomic mass is 79.9. The normalized spacial score (nSPS) is 11.4. The Bertz CT molecular complexity index is 1290. The van der Waals surface area contributed by atoms with Crippen LogP contribution in [-0.2, 0) is 16.4 Å². The van der Waals surface area contributed by atoms with Gasteiger partial charge in [0.25, 0.3) is 5.91 Å². The maximum Gasteiger partial charge on any atom is 0.294 e. The summed E-state index contributed by atoms with van der Waals surface area (Å²) in [6, 6.07) is 20.4. The van der Waals surface area contributed by atoms with Crippen molar-refractivity contribution in [2.45, 2.75) is 23.5 Å². The Morgan fingerprint density at radius 1 is 1.00 bits per heavy atom. The molecular weight excluding hydrogens is 498 g/mol. The summed E-state index contributed by atoms with van der Waals surface area (Å²) in [5.74, 6) is -0.442. The SMILES string of the molecule is Cc1ccc(N(Cc2cccs2)C(=O)c2ccc(S(=O)(=O)c3ccc(Br)cc3)o2)cc1. The van der Waals surface area contributed by atoms with E-state index in [1.165, 1.54) is 24.3 Å². The van der Waals surface area contributed by atoms with E-state index in [1.54, 1.807) is 28.4 Å². The number of aryl methyl sites for hydroxylation is 1. The van der Waals surface area contributed by atoms with Gasteiger partial charge in [-0.25, -0.2) is 8.42 Å². The lowest BCUT2D eigenvalue weighted by Crippen LogP contribution is -2.29. The molecule has 8 heteroatoms. The van der Waals surface area contributed by atoms with Crippen molar-refractivity contribution < 1.29 is 17.6 Å². The highest BCUT2D eigenvalue weighted by Gasteiger charge is 2.26. The van der Waals surface area contributed by atoms with Gasteiger partial charge in [0.2, 0.25) is 14.9 Å². The molecule has 2 heterocycles. The molecule has 31 heavy (non-hydrogen) atoms. The summed E-state index contributed by atoms with van der Waals surface area (Å²) in [5.41, 5.74) is 1.78. The van der Waals surface area contributed by atoms with E-state index in [0.717, 1.165) is 14.9 Å². The van der Waals surface area contributed by atoms with Gasteiger partial charge in [-0.2, -0.15) is 0 Å². The minimum absolute atomic E-state index is 0.0344. The second kappa shape index (κ2) is 8.82. The predicted molar refractivity (Wildman–Crippen MR) is 124 cm³/mol. The number of thiophene rings is 1. The maximum absolute atomic E-state index is 13.3. The number of rotatable bonds is 6. The smallest absolute Gasteiger partial charge is 0.294 e. The number of furan rings is 1. The second-order valence-corrected chi connectivity index (χ2v) is 10.7. The molecule has 0 saturated carbocycles. The Labute approximate surface area is 193 Å². The van der Waals surface area contributed by atoms with E-state index in [0.29, 0.717) is 12.2 Å². The van der Waals surface area contributed by atoms with Crippen LogP contribution in [0.15, 0.2) is 97.1 Å². The van der Waals surface area contributed by atoms with Gasteiger partial charge in [0, 0.05) is 15.0 Å². The van der Waals surface area contributed by atoms with Crippen LogP contribution < -0.4 is 4.90 Å². The van der Waals surface area contributed by atoms with Crippen molar-refractivity contribution in [3.8, 4) is 0 Å². The van der Waals surface area contributed by atoms with Gasteiger partial charge in [0.1, 0.15) is 0 Å². The first kappa shape index (κ1) is 21.5. The summed E-state index contributed by atoms with van der Waals surface area (Å²) in [4.78, 5) is 16.0.